The number of hydrogen-bond donors (Lipinski definition) is 3. The Morgan fingerprint density at radius 1 is 1.36 bits per heavy atom. The van der Waals surface area contributed by atoms with Crippen molar-refractivity contribution in [2.45, 2.75) is 26.8 Å². The van der Waals surface area contributed by atoms with Crippen molar-refractivity contribution in [3.63, 3.8) is 0 Å². The van der Waals surface area contributed by atoms with Crippen LogP contribution in [-0.4, -0.2) is 36.0 Å². The summed E-state index contributed by atoms with van der Waals surface area (Å²) in [7, 11) is 0. The molecular formula is C8H19NO2. The summed E-state index contributed by atoms with van der Waals surface area (Å²) in [5.74, 6) is 0. The SMILES string of the molecule is C[C@H](CO)NCC(C)(C)CO. The van der Waals surface area contributed by atoms with E-state index < -0.39 is 0 Å². The molecule has 0 rings (SSSR count). The minimum Gasteiger partial charge on any atom is -0.396 e. The maximum atomic E-state index is 8.88. The predicted molar refractivity (Wildman–Crippen MR) is 45.4 cm³/mol. The molecule has 0 aromatic rings. The summed E-state index contributed by atoms with van der Waals surface area (Å²) < 4.78 is 0. The fourth-order valence-corrected chi connectivity index (χ4v) is 0.571. The zero-order valence-corrected chi connectivity index (χ0v) is 7.59. The third-order valence-corrected chi connectivity index (χ3v) is 1.63. The molecule has 0 aliphatic carbocycles. The molecule has 0 aromatic carbocycles. The van der Waals surface area contributed by atoms with E-state index in [1.165, 1.54) is 0 Å². The molecular weight excluding hydrogens is 142 g/mol. The molecule has 3 nitrogen and oxygen atoms in total. The highest BCUT2D eigenvalue weighted by Gasteiger charge is 2.16. The van der Waals surface area contributed by atoms with Gasteiger partial charge in [-0.15, -0.1) is 0 Å². The Kier molecular flexibility index (Phi) is 4.65. The average molecular weight is 161 g/mol. The Morgan fingerprint density at radius 2 is 1.91 bits per heavy atom. The van der Waals surface area contributed by atoms with Crippen LogP contribution >= 0.6 is 0 Å². The van der Waals surface area contributed by atoms with E-state index in [9.17, 15) is 0 Å². The van der Waals surface area contributed by atoms with E-state index in [1.54, 1.807) is 0 Å². The molecule has 0 radical (unpaired) electrons. The summed E-state index contributed by atoms with van der Waals surface area (Å²) in [5.41, 5.74) is -0.0938. The molecule has 1 atom stereocenters. The molecule has 0 bridgehead atoms. The first-order chi connectivity index (χ1) is 5.02. The molecule has 0 aliphatic rings. The largest absolute Gasteiger partial charge is 0.396 e. The van der Waals surface area contributed by atoms with E-state index in [1.807, 2.05) is 20.8 Å². The minimum atomic E-state index is -0.0938. The van der Waals surface area contributed by atoms with Gasteiger partial charge in [0.25, 0.3) is 0 Å². The first-order valence-corrected chi connectivity index (χ1v) is 3.97. The number of nitrogens with one attached hydrogen (secondary N) is 1. The molecule has 0 spiro atoms. The maximum absolute atomic E-state index is 8.88. The molecule has 68 valence electrons. The zero-order valence-electron chi connectivity index (χ0n) is 7.59. The lowest BCUT2D eigenvalue weighted by Crippen LogP contribution is -2.38. The molecule has 3 heteroatoms. The van der Waals surface area contributed by atoms with Crippen molar-refractivity contribution in [3.05, 3.63) is 0 Å². The van der Waals surface area contributed by atoms with Crippen molar-refractivity contribution in [2.75, 3.05) is 19.8 Å². The average Bonchev–Trinajstić information content (AvgIpc) is 2.00. The van der Waals surface area contributed by atoms with Gasteiger partial charge in [-0.25, -0.2) is 0 Å². The van der Waals surface area contributed by atoms with Crippen LogP contribution in [-0.2, 0) is 0 Å². The predicted octanol–water partition coefficient (Wildman–Crippen LogP) is -0.0247. The number of rotatable bonds is 5. The molecule has 0 fully saturated rings. The topological polar surface area (TPSA) is 52.5 Å². The second-order valence-electron chi connectivity index (χ2n) is 3.79. The van der Waals surface area contributed by atoms with Gasteiger partial charge in [-0.05, 0) is 6.92 Å². The Bertz CT molecular complexity index is 104. The number of aliphatic hydroxyl groups is 2. The summed E-state index contributed by atoms with van der Waals surface area (Å²) in [6, 6.07) is 0.112. The van der Waals surface area contributed by atoms with Gasteiger partial charge in [-0.1, -0.05) is 13.8 Å². The van der Waals surface area contributed by atoms with Crippen LogP contribution in [0.25, 0.3) is 0 Å². The summed E-state index contributed by atoms with van der Waals surface area (Å²) in [4.78, 5) is 0. The molecule has 0 aliphatic heterocycles. The van der Waals surface area contributed by atoms with Crippen LogP contribution in [0.3, 0.4) is 0 Å². The van der Waals surface area contributed by atoms with E-state index in [-0.39, 0.29) is 24.7 Å². The van der Waals surface area contributed by atoms with Gasteiger partial charge in [0.05, 0.1) is 6.61 Å². The van der Waals surface area contributed by atoms with E-state index in [0.717, 1.165) is 6.54 Å². The third-order valence-electron chi connectivity index (χ3n) is 1.63. The summed E-state index contributed by atoms with van der Waals surface area (Å²) >= 11 is 0. The van der Waals surface area contributed by atoms with Gasteiger partial charge in [0.1, 0.15) is 0 Å². The van der Waals surface area contributed by atoms with Crippen molar-refractivity contribution >= 4 is 0 Å². The first-order valence-electron chi connectivity index (χ1n) is 3.97. The molecule has 0 aromatic heterocycles. The molecule has 0 amide bonds. The first kappa shape index (κ1) is 10.9. The quantitative estimate of drug-likeness (QED) is 0.531. The highest BCUT2D eigenvalue weighted by molar-refractivity contribution is 4.72. The van der Waals surface area contributed by atoms with E-state index >= 15 is 0 Å². The monoisotopic (exact) mass is 161 g/mol. The Hall–Kier alpha value is -0.120. The lowest BCUT2D eigenvalue weighted by molar-refractivity contribution is 0.147. The van der Waals surface area contributed by atoms with Crippen molar-refractivity contribution in [3.8, 4) is 0 Å². The summed E-state index contributed by atoms with van der Waals surface area (Å²) in [6.45, 7) is 6.90. The van der Waals surface area contributed by atoms with Gasteiger partial charge in [0.15, 0.2) is 0 Å². The maximum Gasteiger partial charge on any atom is 0.0581 e. The van der Waals surface area contributed by atoms with Crippen molar-refractivity contribution < 1.29 is 10.2 Å². The van der Waals surface area contributed by atoms with Gasteiger partial charge in [-0.2, -0.15) is 0 Å². The van der Waals surface area contributed by atoms with Crippen molar-refractivity contribution in [1.82, 2.24) is 5.32 Å². The van der Waals surface area contributed by atoms with Gasteiger partial charge in [-0.3, -0.25) is 0 Å². The second kappa shape index (κ2) is 4.70. The van der Waals surface area contributed by atoms with Crippen molar-refractivity contribution in [2.24, 2.45) is 5.41 Å². The van der Waals surface area contributed by atoms with Crippen LogP contribution in [0.4, 0.5) is 0 Å². The Balaban J connectivity index is 3.52. The Labute approximate surface area is 68.4 Å². The lowest BCUT2D eigenvalue weighted by Gasteiger charge is -2.23. The highest BCUT2D eigenvalue weighted by atomic mass is 16.3. The summed E-state index contributed by atoms with van der Waals surface area (Å²) in [5, 5.41) is 20.7. The van der Waals surface area contributed by atoms with Crippen molar-refractivity contribution in [1.29, 1.82) is 0 Å². The van der Waals surface area contributed by atoms with Crippen LogP contribution < -0.4 is 5.32 Å². The van der Waals surface area contributed by atoms with Gasteiger partial charge >= 0.3 is 0 Å². The number of aliphatic hydroxyl groups excluding tert-OH is 2. The fourth-order valence-electron chi connectivity index (χ4n) is 0.571. The van der Waals surface area contributed by atoms with Crippen LogP contribution in [0.1, 0.15) is 20.8 Å². The fraction of sp³-hybridized carbons (Fsp3) is 1.00. The molecule has 0 heterocycles. The van der Waals surface area contributed by atoms with Gasteiger partial charge < -0.3 is 15.5 Å². The molecule has 0 saturated heterocycles. The smallest absolute Gasteiger partial charge is 0.0581 e. The minimum absolute atomic E-state index is 0.0938. The molecule has 11 heavy (non-hydrogen) atoms. The molecule has 0 saturated carbocycles. The highest BCUT2D eigenvalue weighted by Crippen LogP contribution is 2.11. The van der Waals surface area contributed by atoms with Gasteiger partial charge in [0.2, 0.25) is 0 Å². The third kappa shape index (κ3) is 5.18. The molecule has 0 unspecified atom stereocenters. The standard InChI is InChI=1S/C8H19NO2/c1-7(4-10)9-5-8(2,3)6-11/h7,9-11H,4-6H2,1-3H3/t7-/m1/s1. The van der Waals surface area contributed by atoms with Crippen LogP contribution in [0.5, 0.6) is 0 Å². The number of hydrogen-bond acceptors (Lipinski definition) is 3. The van der Waals surface area contributed by atoms with E-state index in [0.29, 0.717) is 0 Å². The zero-order chi connectivity index (χ0) is 8.91. The van der Waals surface area contributed by atoms with E-state index in [2.05, 4.69) is 5.32 Å². The van der Waals surface area contributed by atoms with Gasteiger partial charge in [0, 0.05) is 24.6 Å². The second-order valence-corrected chi connectivity index (χ2v) is 3.79. The van der Waals surface area contributed by atoms with E-state index in [4.69, 9.17) is 10.2 Å². The Morgan fingerprint density at radius 3 is 2.27 bits per heavy atom. The normalized spacial score (nSPS) is 15.0. The summed E-state index contributed by atoms with van der Waals surface area (Å²) in [6.07, 6.45) is 0. The lowest BCUT2D eigenvalue weighted by atomic mass is 9.95. The van der Waals surface area contributed by atoms with Crippen LogP contribution in [0.2, 0.25) is 0 Å². The van der Waals surface area contributed by atoms with Crippen LogP contribution in [0.15, 0.2) is 0 Å². The van der Waals surface area contributed by atoms with Crippen LogP contribution in [0, 0.1) is 5.41 Å². The molecule has 3 N–H and O–H groups in total.